The van der Waals surface area contributed by atoms with E-state index in [-0.39, 0.29) is 6.04 Å². The lowest BCUT2D eigenvalue weighted by Gasteiger charge is -2.12. The first kappa shape index (κ1) is 15.9. The minimum Gasteiger partial charge on any atom is -0.492 e. The summed E-state index contributed by atoms with van der Waals surface area (Å²) in [7, 11) is 0. The molecule has 2 atom stereocenters. The molecule has 0 bridgehead atoms. The van der Waals surface area contributed by atoms with Gasteiger partial charge in [0.05, 0.1) is 5.69 Å². The highest BCUT2D eigenvalue weighted by Gasteiger charge is 2.10. The number of nitrogens with zero attached hydrogens (tertiary/aromatic N) is 2. The summed E-state index contributed by atoms with van der Waals surface area (Å²) < 4.78 is 7.64. The van der Waals surface area contributed by atoms with Gasteiger partial charge in [-0.1, -0.05) is 18.5 Å². The van der Waals surface area contributed by atoms with Gasteiger partial charge in [-0.2, -0.15) is 5.10 Å². The molecule has 2 unspecified atom stereocenters. The second-order valence-electron chi connectivity index (χ2n) is 5.27. The van der Waals surface area contributed by atoms with Crippen LogP contribution < -0.4 is 10.5 Å². The average Bonchev–Trinajstić information content (AvgIpc) is 2.94. The number of hydrogen-bond donors (Lipinski definition) is 1. The first-order valence-electron chi connectivity index (χ1n) is 7.26. The molecule has 1 aromatic carbocycles. The average molecular weight is 308 g/mol. The summed E-state index contributed by atoms with van der Waals surface area (Å²) >= 11 is 5.83. The number of benzene rings is 1. The van der Waals surface area contributed by atoms with Crippen LogP contribution in [-0.2, 0) is 6.42 Å². The van der Waals surface area contributed by atoms with Crippen LogP contribution in [0.4, 0.5) is 0 Å². The first-order chi connectivity index (χ1) is 10.1. The highest BCUT2D eigenvalue weighted by atomic mass is 35.5. The van der Waals surface area contributed by atoms with Gasteiger partial charge in [-0.05, 0) is 43.7 Å². The Hall–Kier alpha value is -1.52. The lowest BCUT2D eigenvalue weighted by molar-refractivity contribution is 0.286. The van der Waals surface area contributed by atoms with E-state index in [1.165, 1.54) is 0 Å². The largest absolute Gasteiger partial charge is 0.492 e. The van der Waals surface area contributed by atoms with E-state index in [0.29, 0.717) is 24.1 Å². The maximum absolute atomic E-state index is 6.10. The van der Waals surface area contributed by atoms with E-state index in [4.69, 9.17) is 22.1 Å². The molecule has 2 N–H and O–H groups in total. The monoisotopic (exact) mass is 307 g/mol. The molecule has 0 aliphatic rings. The highest BCUT2D eigenvalue weighted by molar-refractivity contribution is 6.30. The van der Waals surface area contributed by atoms with Crippen LogP contribution in [0.3, 0.4) is 0 Å². The van der Waals surface area contributed by atoms with Gasteiger partial charge in [0.1, 0.15) is 12.4 Å². The lowest BCUT2D eigenvalue weighted by Crippen LogP contribution is -2.30. The van der Waals surface area contributed by atoms with Gasteiger partial charge in [0.25, 0.3) is 0 Å². The molecule has 0 aliphatic carbocycles. The Balaban J connectivity index is 1.82. The second kappa shape index (κ2) is 7.48. The zero-order valence-corrected chi connectivity index (χ0v) is 13.3. The Labute approximate surface area is 130 Å². The zero-order valence-electron chi connectivity index (χ0n) is 12.5. The van der Waals surface area contributed by atoms with E-state index in [2.05, 4.69) is 18.9 Å². The lowest BCUT2D eigenvalue weighted by atomic mass is 10.2. The Morgan fingerprint density at radius 1 is 1.29 bits per heavy atom. The summed E-state index contributed by atoms with van der Waals surface area (Å²) in [5.74, 6) is 0.778. The maximum Gasteiger partial charge on any atom is 0.119 e. The summed E-state index contributed by atoms with van der Waals surface area (Å²) in [5, 5.41) is 5.25. The number of halogens is 1. The molecule has 21 heavy (non-hydrogen) atoms. The number of aromatic nitrogens is 2. The van der Waals surface area contributed by atoms with Gasteiger partial charge in [0, 0.05) is 29.7 Å². The predicted octanol–water partition coefficient (Wildman–Crippen LogP) is 3.46. The van der Waals surface area contributed by atoms with Gasteiger partial charge >= 0.3 is 0 Å². The molecule has 1 heterocycles. The van der Waals surface area contributed by atoms with Crippen molar-refractivity contribution in [3.05, 3.63) is 47.2 Å². The quantitative estimate of drug-likeness (QED) is 0.852. The Kier molecular flexibility index (Phi) is 5.65. The van der Waals surface area contributed by atoms with Crippen LogP contribution in [0, 0.1) is 0 Å². The van der Waals surface area contributed by atoms with Crippen LogP contribution in [0.5, 0.6) is 5.75 Å². The minimum atomic E-state index is -0.0824. The molecule has 0 spiro atoms. The minimum absolute atomic E-state index is 0.0824. The van der Waals surface area contributed by atoms with E-state index in [1.54, 1.807) is 12.1 Å². The van der Waals surface area contributed by atoms with Crippen molar-refractivity contribution in [3.63, 3.8) is 0 Å². The molecule has 2 aromatic rings. The molecule has 0 fully saturated rings. The first-order valence-corrected chi connectivity index (χ1v) is 7.64. The van der Waals surface area contributed by atoms with Crippen molar-refractivity contribution in [2.45, 2.75) is 38.8 Å². The Morgan fingerprint density at radius 3 is 2.67 bits per heavy atom. The third-order valence-electron chi connectivity index (χ3n) is 3.46. The molecule has 1 aromatic heterocycles. The summed E-state index contributed by atoms with van der Waals surface area (Å²) in [5.41, 5.74) is 7.10. The predicted molar refractivity (Wildman–Crippen MR) is 85.9 cm³/mol. The van der Waals surface area contributed by atoms with Gasteiger partial charge in [-0.15, -0.1) is 0 Å². The van der Waals surface area contributed by atoms with Gasteiger partial charge in [0.2, 0.25) is 0 Å². The molecule has 0 saturated carbocycles. The molecule has 114 valence electrons. The number of rotatable bonds is 7. The third-order valence-corrected chi connectivity index (χ3v) is 3.71. The summed E-state index contributed by atoms with van der Waals surface area (Å²) in [4.78, 5) is 0. The molecule has 0 saturated heterocycles. The molecule has 0 amide bonds. The molecule has 2 rings (SSSR count). The molecule has 0 radical (unpaired) electrons. The van der Waals surface area contributed by atoms with Gasteiger partial charge in [0.15, 0.2) is 0 Å². The normalized spacial score (nSPS) is 13.9. The van der Waals surface area contributed by atoms with Gasteiger partial charge in [-0.3, -0.25) is 4.68 Å². The maximum atomic E-state index is 6.10. The van der Waals surface area contributed by atoms with E-state index >= 15 is 0 Å². The number of nitrogens with two attached hydrogens (primary N) is 1. The number of ether oxygens (including phenoxy) is 1. The van der Waals surface area contributed by atoms with Crippen molar-refractivity contribution in [2.75, 3.05) is 6.61 Å². The van der Waals surface area contributed by atoms with Crippen molar-refractivity contribution in [1.82, 2.24) is 9.78 Å². The van der Waals surface area contributed by atoms with Gasteiger partial charge < -0.3 is 10.5 Å². The van der Waals surface area contributed by atoms with Crippen LogP contribution in [0.15, 0.2) is 36.5 Å². The van der Waals surface area contributed by atoms with E-state index in [0.717, 1.165) is 17.9 Å². The number of hydrogen-bond acceptors (Lipinski definition) is 3. The fraction of sp³-hybridized carbons (Fsp3) is 0.438. The molecular formula is C16H22ClN3O. The molecule has 5 heteroatoms. The summed E-state index contributed by atoms with van der Waals surface area (Å²) in [6.45, 7) is 4.76. The zero-order chi connectivity index (χ0) is 15.2. The SMILES string of the molecule is CCC(C)n1ccc(CC(N)COc2ccc(Cl)cc2)n1. The van der Waals surface area contributed by atoms with Crippen LogP contribution in [0.25, 0.3) is 0 Å². The van der Waals surface area contributed by atoms with Crippen molar-refractivity contribution in [3.8, 4) is 5.75 Å². The van der Waals surface area contributed by atoms with Crippen LogP contribution in [0.1, 0.15) is 32.0 Å². The smallest absolute Gasteiger partial charge is 0.119 e. The van der Waals surface area contributed by atoms with Gasteiger partial charge in [-0.25, -0.2) is 0 Å². The van der Waals surface area contributed by atoms with E-state index < -0.39 is 0 Å². The highest BCUT2D eigenvalue weighted by Crippen LogP contribution is 2.16. The van der Waals surface area contributed by atoms with Crippen LogP contribution in [-0.4, -0.2) is 22.4 Å². The van der Waals surface area contributed by atoms with Crippen LogP contribution in [0.2, 0.25) is 5.02 Å². The molecular weight excluding hydrogens is 286 g/mol. The fourth-order valence-corrected chi connectivity index (χ4v) is 2.11. The fourth-order valence-electron chi connectivity index (χ4n) is 1.98. The summed E-state index contributed by atoms with van der Waals surface area (Å²) in [6.07, 6.45) is 3.78. The topological polar surface area (TPSA) is 53.1 Å². The van der Waals surface area contributed by atoms with E-state index in [9.17, 15) is 0 Å². The van der Waals surface area contributed by atoms with Crippen molar-refractivity contribution >= 4 is 11.6 Å². The van der Waals surface area contributed by atoms with Crippen molar-refractivity contribution in [2.24, 2.45) is 5.73 Å². The Morgan fingerprint density at radius 2 is 2.00 bits per heavy atom. The molecule has 4 nitrogen and oxygen atoms in total. The van der Waals surface area contributed by atoms with Crippen LogP contribution >= 0.6 is 11.6 Å². The van der Waals surface area contributed by atoms with Crippen molar-refractivity contribution < 1.29 is 4.74 Å². The van der Waals surface area contributed by atoms with E-state index in [1.807, 2.05) is 29.1 Å². The second-order valence-corrected chi connectivity index (χ2v) is 5.71. The Bertz CT molecular complexity index is 553. The standard InChI is InChI=1S/C16H22ClN3O/c1-3-12(2)20-9-8-15(19-20)10-14(18)11-21-16-6-4-13(17)5-7-16/h4-9,12,14H,3,10-11,18H2,1-2H3. The third kappa shape index (κ3) is 4.76. The van der Waals surface area contributed by atoms with Crippen molar-refractivity contribution in [1.29, 1.82) is 0 Å². The molecule has 0 aliphatic heterocycles. The summed E-state index contributed by atoms with van der Waals surface area (Å²) in [6, 6.07) is 9.64.